The minimum Gasteiger partial charge on any atom is -0.496 e. The highest BCUT2D eigenvalue weighted by atomic mass is 16.5. The van der Waals surface area contributed by atoms with Crippen molar-refractivity contribution in [2.75, 3.05) is 13.7 Å². The Balaban J connectivity index is 2.06. The van der Waals surface area contributed by atoms with Crippen molar-refractivity contribution in [2.24, 2.45) is 0 Å². The molecule has 2 heterocycles. The van der Waals surface area contributed by atoms with Gasteiger partial charge in [-0.25, -0.2) is 4.79 Å². The Morgan fingerprint density at radius 3 is 2.62 bits per heavy atom. The van der Waals surface area contributed by atoms with Crippen LogP contribution in [-0.4, -0.2) is 36.4 Å². The molecule has 0 amide bonds. The predicted molar refractivity (Wildman–Crippen MR) is 99.1 cm³/mol. The van der Waals surface area contributed by atoms with Crippen molar-refractivity contribution < 1.29 is 19.1 Å². The van der Waals surface area contributed by atoms with Crippen LogP contribution in [0.3, 0.4) is 0 Å². The number of hydrogen-bond acceptors (Lipinski definition) is 5. The smallest absolute Gasteiger partial charge is 0.343 e. The van der Waals surface area contributed by atoms with Gasteiger partial charge >= 0.3 is 5.97 Å². The predicted octanol–water partition coefficient (Wildman–Crippen LogP) is 3.36. The van der Waals surface area contributed by atoms with E-state index >= 15 is 0 Å². The fourth-order valence-electron chi connectivity index (χ4n) is 4.06. The second kappa shape index (κ2) is 7.52. The van der Waals surface area contributed by atoms with Gasteiger partial charge in [0.25, 0.3) is 0 Å². The molecule has 0 fully saturated rings. The van der Waals surface area contributed by atoms with Gasteiger partial charge < -0.3 is 14.4 Å². The van der Waals surface area contributed by atoms with Gasteiger partial charge in [0.1, 0.15) is 11.3 Å². The highest BCUT2D eigenvalue weighted by Crippen LogP contribution is 2.42. The Kier molecular flexibility index (Phi) is 5.35. The first-order valence-corrected chi connectivity index (χ1v) is 9.43. The Labute approximate surface area is 155 Å². The second-order valence-electron chi connectivity index (χ2n) is 6.84. The Bertz CT molecular complexity index is 753. The van der Waals surface area contributed by atoms with Gasteiger partial charge in [0.15, 0.2) is 5.78 Å². The van der Waals surface area contributed by atoms with E-state index in [9.17, 15) is 9.59 Å². The third-order valence-corrected chi connectivity index (χ3v) is 5.44. The number of ketones is 1. The van der Waals surface area contributed by atoms with E-state index in [2.05, 4.69) is 30.9 Å². The lowest BCUT2D eigenvalue weighted by Gasteiger charge is -2.45. The van der Waals surface area contributed by atoms with Gasteiger partial charge in [-0.15, -0.1) is 0 Å². The van der Waals surface area contributed by atoms with Gasteiger partial charge in [0.05, 0.1) is 19.8 Å². The van der Waals surface area contributed by atoms with Crippen molar-refractivity contribution in [1.82, 2.24) is 4.90 Å². The number of fused-ring (bicyclic) bond motifs is 3. The van der Waals surface area contributed by atoms with E-state index in [4.69, 9.17) is 9.47 Å². The molecule has 0 saturated heterocycles. The highest BCUT2D eigenvalue weighted by Gasteiger charge is 2.39. The molecular weight excluding hydrogens is 330 g/mol. The maximum atomic E-state index is 12.6. The summed E-state index contributed by atoms with van der Waals surface area (Å²) in [5.41, 5.74) is 3.75. The van der Waals surface area contributed by atoms with Crippen LogP contribution in [0.15, 0.2) is 23.9 Å². The Morgan fingerprint density at radius 2 is 2.00 bits per heavy atom. The quantitative estimate of drug-likeness (QED) is 0.597. The molecule has 0 bridgehead atoms. The number of Topliss-reactive ketones (excluding diaryl/α,β-unsaturated/α-hetero) is 1. The van der Waals surface area contributed by atoms with Crippen LogP contribution in [0.2, 0.25) is 0 Å². The number of ether oxygens (including phenoxy) is 2. The van der Waals surface area contributed by atoms with Crippen LogP contribution < -0.4 is 4.74 Å². The standard InChI is InChI=1S/C21H27NO4/c1-5-13-9-16-14(10-20(13)25-4)8-15(6-2)22-12-17(21(24)26-7-3)19(23)11-18(16)22/h9-10,12,15,18H,5-8,11H2,1-4H3. The first-order chi connectivity index (χ1) is 12.5. The van der Waals surface area contributed by atoms with Crippen molar-refractivity contribution in [3.05, 3.63) is 40.6 Å². The van der Waals surface area contributed by atoms with Crippen molar-refractivity contribution >= 4 is 11.8 Å². The summed E-state index contributed by atoms with van der Waals surface area (Å²) in [6, 6.07) is 4.53. The van der Waals surface area contributed by atoms with E-state index < -0.39 is 5.97 Å². The summed E-state index contributed by atoms with van der Waals surface area (Å²) in [6.07, 6.45) is 4.74. The van der Waals surface area contributed by atoms with Crippen molar-refractivity contribution in [3.63, 3.8) is 0 Å². The number of carbonyl (C=O) groups is 2. The molecule has 1 aromatic rings. The molecule has 3 rings (SSSR count). The topological polar surface area (TPSA) is 55.8 Å². The van der Waals surface area contributed by atoms with Crippen molar-refractivity contribution in [3.8, 4) is 5.75 Å². The molecule has 0 N–H and O–H groups in total. The van der Waals surface area contributed by atoms with Crippen LogP contribution in [0.1, 0.15) is 56.3 Å². The van der Waals surface area contributed by atoms with E-state index in [1.807, 2.05) is 0 Å². The number of benzene rings is 1. The van der Waals surface area contributed by atoms with Crippen LogP contribution in [0.25, 0.3) is 0 Å². The molecule has 140 valence electrons. The largest absolute Gasteiger partial charge is 0.496 e. The number of rotatable bonds is 5. The maximum Gasteiger partial charge on any atom is 0.343 e. The summed E-state index contributed by atoms with van der Waals surface area (Å²) in [4.78, 5) is 27.0. The number of esters is 1. The third-order valence-electron chi connectivity index (χ3n) is 5.44. The summed E-state index contributed by atoms with van der Waals surface area (Å²) in [5.74, 6) is 0.265. The van der Waals surface area contributed by atoms with Crippen molar-refractivity contribution in [2.45, 2.75) is 58.5 Å². The molecule has 0 saturated carbocycles. The van der Waals surface area contributed by atoms with Gasteiger partial charge in [-0.2, -0.15) is 0 Å². The SMILES string of the molecule is CCOC(=O)C1=CN2C(CC)Cc3cc(OC)c(CC)cc3C2CC1=O. The van der Waals surface area contributed by atoms with Crippen LogP contribution >= 0.6 is 0 Å². The zero-order chi connectivity index (χ0) is 18.8. The number of methoxy groups -OCH3 is 1. The number of nitrogens with zero attached hydrogens (tertiary/aromatic N) is 1. The van der Waals surface area contributed by atoms with Gasteiger partial charge in [-0.3, -0.25) is 4.79 Å². The fraction of sp³-hybridized carbons (Fsp3) is 0.524. The van der Waals surface area contributed by atoms with Crippen LogP contribution in [-0.2, 0) is 27.2 Å². The summed E-state index contributed by atoms with van der Waals surface area (Å²) >= 11 is 0. The van der Waals surface area contributed by atoms with E-state index in [1.54, 1.807) is 20.2 Å². The van der Waals surface area contributed by atoms with Gasteiger partial charge in [0.2, 0.25) is 0 Å². The van der Waals surface area contributed by atoms with E-state index in [-0.39, 0.29) is 30.0 Å². The van der Waals surface area contributed by atoms with E-state index in [0.29, 0.717) is 6.42 Å². The highest BCUT2D eigenvalue weighted by molar-refractivity contribution is 6.17. The van der Waals surface area contributed by atoms with E-state index in [0.717, 1.165) is 30.6 Å². The average Bonchev–Trinajstić information content (AvgIpc) is 2.65. The average molecular weight is 357 g/mol. The lowest BCUT2D eigenvalue weighted by Crippen LogP contribution is -2.44. The number of hydrogen-bond donors (Lipinski definition) is 0. The lowest BCUT2D eigenvalue weighted by atomic mass is 9.81. The first kappa shape index (κ1) is 18.5. The molecule has 2 aliphatic rings. The molecule has 5 nitrogen and oxygen atoms in total. The summed E-state index contributed by atoms with van der Waals surface area (Å²) < 4.78 is 10.6. The van der Waals surface area contributed by atoms with Crippen LogP contribution in [0.4, 0.5) is 0 Å². The number of carbonyl (C=O) groups excluding carboxylic acids is 2. The number of aryl methyl sites for hydroxylation is 1. The molecule has 0 spiro atoms. The van der Waals surface area contributed by atoms with Crippen molar-refractivity contribution in [1.29, 1.82) is 0 Å². The van der Waals surface area contributed by atoms with Gasteiger partial charge in [-0.1, -0.05) is 13.8 Å². The zero-order valence-electron chi connectivity index (χ0n) is 16.0. The Hall–Kier alpha value is -2.30. The molecule has 5 heteroatoms. The summed E-state index contributed by atoms with van der Waals surface area (Å²) in [5, 5.41) is 0. The third kappa shape index (κ3) is 3.11. The van der Waals surface area contributed by atoms with Crippen LogP contribution in [0.5, 0.6) is 5.75 Å². The minimum atomic E-state index is -0.513. The monoisotopic (exact) mass is 357 g/mol. The van der Waals surface area contributed by atoms with Gasteiger partial charge in [0, 0.05) is 18.7 Å². The molecular formula is C21H27NO4. The minimum absolute atomic E-state index is 0.0226. The molecule has 2 atom stereocenters. The lowest BCUT2D eigenvalue weighted by molar-refractivity contribution is -0.140. The molecule has 0 aromatic heterocycles. The van der Waals surface area contributed by atoms with Crippen LogP contribution in [0, 0.1) is 0 Å². The maximum absolute atomic E-state index is 12.6. The normalized spacial score (nSPS) is 21.6. The summed E-state index contributed by atoms with van der Waals surface area (Å²) in [7, 11) is 1.70. The molecule has 2 aliphatic heterocycles. The molecule has 26 heavy (non-hydrogen) atoms. The molecule has 0 aliphatic carbocycles. The second-order valence-corrected chi connectivity index (χ2v) is 6.84. The van der Waals surface area contributed by atoms with E-state index in [1.165, 1.54) is 11.1 Å². The molecule has 0 radical (unpaired) electrons. The fourth-order valence-corrected chi connectivity index (χ4v) is 4.06. The zero-order valence-corrected chi connectivity index (χ0v) is 16.0. The molecule has 1 aromatic carbocycles. The molecule has 2 unspecified atom stereocenters. The first-order valence-electron chi connectivity index (χ1n) is 9.43. The van der Waals surface area contributed by atoms with Gasteiger partial charge in [-0.05, 0) is 55.0 Å². The summed E-state index contributed by atoms with van der Waals surface area (Å²) in [6.45, 7) is 6.26. The Morgan fingerprint density at radius 1 is 1.23 bits per heavy atom.